The number of aromatic nitrogens is 4. The van der Waals surface area contributed by atoms with Crippen molar-refractivity contribution in [1.82, 2.24) is 23.8 Å². The number of hydrogen-bond acceptors (Lipinski definition) is 6. The summed E-state index contributed by atoms with van der Waals surface area (Å²) < 4.78 is 56.3. The van der Waals surface area contributed by atoms with Crippen molar-refractivity contribution < 1.29 is 22.0 Å². The molecule has 13 heteroatoms. The summed E-state index contributed by atoms with van der Waals surface area (Å²) in [5, 5.41) is 0.711. The molecular weight excluding hydrogens is 576 g/mol. The average molecular weight is 612 g/mol. The average Bonchev–Trinajstić information content (AvgIpc) is 3.84. The molecule has 3 fully saturated rings. The molecule has 2 aliphatic carbocycles. The van der Waals surface area contributed by atoms with Crippen molar-refractivity contribution >= 4 is 38.4 Å². The van der Waals surface area contributed by atoms with Crippen molar-refractivity contribution in [1.29, 1.82) is 0 Å². The van der Waals surface area contributed by atoms with Gasteiger partial charge >= 0.3 is 6.55 Å². The van der Waals surface area contributed by atoms with Gasteiger partial charge < -0.3 is 19.6 Å². The molecule has 4 aromatic rings. The third kappa shape index (κ3) is 5.05. The minimum absolute atomic E-state index is 0.0198. The number of anilines is 1. The number of sulfonamides is 1. The number of imidazole rings is 1. The molecule has 0 radical (unpaired) electrons. The first-order valence-corrected chi connectivity index (χ1v) is 16.6. The second-order valence-electron chi connectivity index (χ2n) is 12.7. The summed E-state index contributed by atoms with van der Waals surface area (Å²) in [6.45, 7) is 0.769. The van der Waals surface area contributed by atoms with Crippen LogP contribution in [0.4, 0.5) is 14.6 Å². The van der Waals surface area contributed by atoms with E-state index in [0.29, 0.717) is 47.8 Å². The number of carbonyl (C=O) groups excluding carboxylic acids is 1. The molecule has 3 aliphatic rings. The summed E-state index contributed by atoms with van der Waals surface area (Å²) >= 11 is 0. The Labute approximate surface area is 248 Å². The van der Waals surface area contributed by atoms with Gasteiger partial charge in [-0.05, 0) is 74.8 Å². The summed E-state index contributed by atoms with van der Waals surface area (Å²) in [6.07, 6.45) is 8.53. The maximum absolute atomic E-state index is 13.9. The highest BCUT2D eigenvalue weighted by molar-refractivity contribution is 7.92. The van der Waals surface area contributed by atoms with Crippen LogP contribution in [-0.4, -0.2) is 70.1 Å². The lowest BCUT2D eigenvalue weighted by atomic mass is 10.0. The van der Waals surface area contributed by atoms with Crippen LogP contribution in [0.3, 0.4) is 0 Å². The smallest absolute Gasteiger partial charge is 0.329 e. The lowest BCUT2D eigenvalue weighted by Gasteiger charge is -2.30. The van der Waals surface area contributed by atoms with Gasteiger partial charge in [-0.2, -0.15) is 13.1 Å². The van der Waals surface area contributed by atoms with Gasteiger partial charge in [0.2, 0.25) is 10.0 Å². The summed E-state index contributed by atoms with van der Waals surface area (Å²) in [5.74, 6) is 0.0325. The monoisotopic (exact) mass is 611 g/mol. The Bertz CT molecular complexity index is 1860. The maximum Gasteiger partial charge on any atom is 0.329 e. The number of likely N-dealkylation sites (tertiary alicyclic amines) is 1. The molecule has 2 saturated carbocycles. The van der Waals surface area contributed by atoms with E-state index >= 15 is 0 Å². The molecule has 1 aliphatic heterocycles. The van der Waals surface area contributed by atoms with E-state index in [1.807, 2.05) is 33.9 Å². The Morgan fingerprint density at radius 1 is 1.16 bits per heavy atom. The third-order valence-electron chi connectivity index (χ3n) is 9.06. The van der Waals surface area contributed by atoms with E-state index in [0.717, 1.165) is 61.9 Å². The molecular formula is C30H35F2N7O3S. The normalized spacial score (nSPS) is 20.3. The first-order chi connectivity index (χ1) is 20.4. The Balaban J connectivity index is 1.38. The summed E-state index contributed by atoms with van der Waals surface area (Å²) in [7, 11) is -4.25. The number of piperidine rings is 1. The molecule has 10 nitrogen and oxygen atoms in total. The minimum atomic E-state index is -4.25. The van der Waals surface area contributed by atoms with Gasteiger partial charge in [0.15, 0.2) is 0 Å². The maximum atomic E-state index is 13.9. The van der Waals surface area contributed by atoms with E-state index in [2.05, 4.69) is 16.3 Å². The fourth-order valence-electron chi connectivity index (χ4n) is 6.33. The van der Waals surface area contributed by atoms with Gasteiger partial charge in [0.05, 0.1) is 17.6 Å². The molecule has 7 rings (SSSR count). The fraction of sp³-hybridized carbons (Fsp3) is 0.500. The molecule has 1 atom stereocenters. The molecule has 2 N–H and O–H groups in total. The molecule has 0 unspecified atom stereocenters. The standard InChI is InChI=1S/C30H35F2N7O3S/c1-30(10-11-30)26-25(34-24-15-20(9-13-37(24)26)28(40)36-12-3-4-21(33)17-36)22-14-19-7-8-23(39(29(31)32)43(2,41)42)35-27(19)38(22)16-18-5-6-18/h7-9,13-15,18,21,29H,3-6,10-12,16-17,33H2,1-2H3/t21-/m1/s1. The van der Waals surface area contributed by atoms with Gasteiger partial charge in [-0.3, -0.25) is 4.79 Å². The number of alkyl halides is 2. The van der Waals surface area contributed by atoms with E-state index in [4.69, 9.17) is 10.7 Å². The SMILES string of the molecule is CC1(c2c(-c3cc4ccc(N(C(F)F)S(C)(=O)=O)nc4n3CC3CC3)nc3cc(C(=O)N4CCC[C@@H](N)C4)ccn23)CC1. The number of fused-ring (bicyclic) bond motifs is 2. The van der Waals surface area contributed by atoms with Crippen LogP contribution < -0.4 is 10.0 Å². The molecule has 5 heterocycles. The lowest BCUT2D eigenvalue weighted by Crippen LogP contribution is -2.45. The number of rotatable bonds is 8. The number of nitrogens with two attached hydrogens (primary N) is 1. The largest absolute Gasteiger partial charge is 0.337 e. The van der Waals surface area contributed by atoms with E-state index in [-0.39, 0.29) is 27.5 Å². The third-order valence-corrected chi connectivity index (χ3v) is 10.1. The Hall–Kier alpha value is -3.58. The first-order valence-electron chi connectivity index (χ1n) is 14.8. The van der Waals surface area contributed by atoms with Gasteiger partial charge in [0.1, 0.15) is 22.8 Å². The number of carbonyl (C=O) groups is 1. The lowest BCUT2D eigenvalue weighted by molar-refractivity contribution is 0.0708. The van der Waals surface area contributed by atoms with Crippen LogP contribution in [0.2, 0.25) is 0 Å². The summed E-state index contributed by atoms with van der Waals surface area (Å²) in [5.41, 5.74) is 10.3. The summed E-state index contributed by atoms with van der Waals surface area (Å²) in [6, 6.07) is 8.57. The molecule has 0 spiro atoms. The van der Waals surface area contributed by atoms with Crippen LogP contribution in [0.5, 0.6) is 0 Å². The van der Waals surface area contributed by atoms with Crippen molar-refractivity contribution in [3.05, 3.63) is 47.8 Å². The molecule has 1 amide bonds. The highest BCUT2D eigenvalue weighted by Gasteiger charge is 2.45. The molecule has 4 aromatic heterocycles. The zero-order chi connectivity index (χ0) is 30.3. The van der Waals surface area contributed by atoms with Crippen molar-refractivity contribution in [2.75, 3.05) is 23.7 Å². The fourth-order valence-corrected chi connectivity index (χ4v) is 7.06. The van der Waals surface area contributed by atoms with E-state index in [1.165, 1.54) is 6.07 Å². The second-order valence-corrected chi connectivity index (χ2v) is 14.5. The van der Waals surface area contributed by atoms with Gasteiger partial charge in [-0.1, -0.05) is 6.92 Å². The van der Waals surface area contributed by atoms with Gasteiger partial charge in [-0.25, -0.2) is 18.4 Å². The zero-order valence-electron chi connectivity index (χ0n) is 24.2. The second kappa shape index (κ2) is 9.98. The van der Waals surface area contributed by atoms with E-state index in [1.54, 1.807) is 6.07 Å². The quantitative estimate of drug-likeness (QED) is 0.296. The highest BCUT2D eigenvalue weighted by atomic mass is 32.2. The van der Waals surface area contributed by atoms with E-state index < -0.39 is 16.6 Å². The van der Waals surface area contributed by atoms with Crippen LogP contribution in [0, 0.1) is 5.92 Å². The van der Waals surface area contributed by atoms with Crippen LogP contribution in [0.15, 0.2) is 36.5 Å². The predicted octanol–water partition coefficient (Wildman–Crippen LogP) is 4.36. The Morgan fingerprint density at radius 3 is 2.58 bits per heavy atom. The first kappa shape index (κ1) is 28.2. The molecule has 1 saturated heterocycles. The zero-order valence-corrected chi connectivity index (χ0v) is 25.0. The van der Waals surface area contributed by atoms with Crippen molar-refractivity contribution in [3.63, 3.8) is 0 Å². The minimum Gasteiger partial charge on any atom is -0.337 e. The predicted molar refractivity (Wildman–Crippen MR) is 160 cm³/mol. The van der Waals surface area contributed by atoms with Crippen LogP contribution in [0.25, 0.3) is 28.1 Å². The number of pyridine rings is 2. The summed E-state index contributed by atoms with van der Waals surface area (Å²) in [4.78, 5) is 24.8. The molecule has 228 valence electrons. The molecule has 43 heavy (non-hydrogen) atoms. The Kier molecular flexibility index (Phi) is 6.55. The highest BCUT2D eigenvalue weighted by Crippen LogP contribution is 2.51. The number of nitrogens with zero attached hydrogens (tertiary/aromatic N) is 6. The number of amides is 1. The number of hydrogen-bond donors (Lipinski definition) is 1. The van der Waals surface area contributed by atoms with Gasteiger partial charge in [-0.15, -0.1) is 0 Å². The topological polar surface area (TPSA) is 119 Å². The van der Waals surface area contributed by atoms with E-state index in [9.17, 15) is 22.0 Å². The molecule has 0 aromatic carbocycles. The van der Waals surface area contributed by atoms with Crippen LogP contribution in [-0.2, 0) is 22.0 Å². The number of halogens is 2. The molecule has 0 bridgehead atoms. The van der Waals surface area contributed by atoms with Gasteiger partial charge in [0.25, 0.3) is 5.91 Å². The van der Waals surface area contributed by atoms with Crippen LogP contribution in [0.1, 0.15) is 61.5 Å². The van der Waals surface area contributed by atoms with Crippen molar-refractivity contribution in [2.24, 2.45) is 11.7 Å². The van der Waals surface area contributed by atoms with Crippen molar-refractivity contribution in [2.45, 2.75) is 70.0 Å². The van der Waals surface area contributed by atoms with Gasteiger partial charge in [0, 0.05) is 48.2 Å². The Morgan fingerprint density at radius 2 is 1.93 bits per heavy atom. The van der Waals surface area contributed by atoms with Crippen LogP contribution >= 0.6 is 0 Å². The van der Waals surface area contributed by atoms with Crippen molar-refractivity contribution in [3.8, 4) is 11.4 Å².